The molecule has 2 N–H and O–H groups in total. The van der Waals surface area contributed by atoms with Crippen LogP contribution in [0.2, 0.25) is 0 Å². The largest absolute Gasteiger partial charge is 0.388 e. The molecule has 6 heteroatoms. The lowest BCUT2D eigenvalue weighted by atomic mass is 10.3. The van der Waals surface area contributed by atoms with Crippen molar-refractivity contribution in [3.8, 4) is 0 Å². The minimum absolute atomic E-state index is 0.0687. The van der Waals surface area contributed by atoms with E-state index in [2.05, 4.69) is 0 Å². The Hall–Kier alpha value is -0.240. The summed E-state index contributed by atoms with van der Waals surface area (Å²) in [5.41, 5.74) is 0. The van der Waals surface area contributed by atoms with Crippen molar-refractivity contribution < 1.29 is 29.9 Å². The summed E-state index contributed by atoms with van der Waals surface area (Å²) in [7, 11) is 0. The van der Waals surface area contributed by atoms with Gasteiger partial charge in [-0.05, 0) is 12.8 Å². The van der Waals surface area contributed by atoms with E-state index in [-0.39, 0.29) is 13.2 Å². The van der Waals surface area contributed by atoms with Gasteiger partial charge in [0, 0.05) is 13.2 Å². The molecule has 0 fully saturated rings. The Morgan fingerprint density at radius 1 is 0.812 bits per heavy atom. The molecule has 0 aromatic heterocycles. The molecule has 0 rings (SSSR count). The van der Waals surface area contributed by atoms with Crippen LogP contribution < -0.4 is 0 Å². The molecule has 0 saturated carbocycles. The van der Waals surface area contributed by atoms with Crippen LogP contribution in [0.1, 0.15) is 12.8 Å². The van der Waals surface area contributed by atoms with Crippen molar-refractivity contribution in [1.29, 1.82) is 0 Å². The third kappa shape index (κ3) is 10.3. The second kappa shape index (κ2) is 11.3. The Bertz CT molecular complexity index is 127. The van der Waals surface area contributed by atoms with Crippen LogP contribution in [0.4, 0.5) is 0 Å². The molecule has 16 heavy (non-hydrogen) atoms. The smallest absolute Gasteiger partial charge is 0.110 e. The lowest BCUT2D eigenvalue weighted by Gasteiger charge is -2.08. The van der Waals surface area contributed by atoms with Crippen molar-refractivity contribution in [2.45, 2.75) is 25.0 Å². The Morgan fingerprint density at radius 3 is 1.50 bits per heavy atom. The molecule has 0 aliphatic rings. The zero-order valence-corrected chi connectivity index (χ0v) is 9.34. The Labute approximate surface area is 95.4 Å². The number of aliphatic hydroxyl groups is 2. The lowest BCUT2D eigenvalue weighted by molar-refractivity contribution is -0.0207. The molecular weight excluding hydrogens is 216 g/mol. The van der Waals surface area contributed by atoms with E-state index >= 15 is 0 Å². The molecule has 0 aromatic carbocycles. The van der Waals surface area contributed by atoms with Crippen molar-refractivity contribution in [1.82, 2.24) is 0 Å². The predicted molar refractivity (Wildman–Crippen MR) is 54.0 cm³/mol. The van der Waals surface area contributed by atoms with E-state index in [1.54, 1.807) is 0 Å². The van der Waals surface area contributed by atoms with Gasteiger partial charge in [0.2, 0.25) is 0 Å². The maximum atomic E-state index is 10.1. The van der Waals surface area contributed by atoms with Gasteiger partial charge < -0.3 is 19.7 Å². The van der Waals surface area contributed by atoms with Crippen molar-refractivity contribution in [2.24, 2.45) is 0 Å². The summed E-state index contributed by atoms with van der Waals surface area (Å²) in [6, 6.07) is 0. The van der Waals surface area contributed by atoms with Crippen LogP contribution in [0.25, 0.3) is 0 Å². The number of ether oxygens (including phenoxy) is 2. The topological polar surface area (TPSA) is 98.7 Å². The third-order valence-electron chi connectivity index (χ3n) is 1.83. The molecule has 0 amide bonds. The van der Waals surface area contributed by atoms with Crippen LogP contribution >= 0.6 is 0 Å². The summed E-state index contributed by atoms with van der Waals surface area (Å²) < 4.78 is 10.1. The van der Waals surface area contributed by atoms with E-state index in [9.17, 15) is 10.2 Å². The average Bonchev–Trinajstić information content (AvgIpc) is 2.31. The minimum Gasteiger partial charge on any atom is -0.388 e. The van der Waals surface area contributed by atoms with E-state index < -0.39 is 25.4 Å². The SMILES string of the molecule is [O]CC(O)COCCCCOCC(O)C[O]. The van der Waals surface area contributed by atoms with Crippen LogP contribution in [-0.4, -0.2) is 62.1 Å². The maximum absolute atomic E-state index is 10.1. The van der Waals surface area contributed by atoms with Gasteiger partial charge in [0.15, 0.2) is 0 Å². The summed E-state index contributed by atoms with van der Waals surface area (Å²) in [6.45, 7) is -0.0278. The summed E-state index contributed by atoms with van der Waals surface area (Å²) in [6.07, 6.45) is -0.357. The number of hydrogen-bond donors (Lipinski definition) is 2. The quantitative estimate of drug-likeness (QED) is 0.467. The second-order valence-corrected chi connectivity index (χ2v) is 3.50. The van der Waals surface area contributed by atoms with Crippen molar-refractivity contribution in [2.75, 3.05) is 39.6 Å². The summed E-state index contributed by atoms with van der Waals surface area (Å²) in [5.74, 6) is 0. The number of hydrogen-bond acceptors (Lipinski definition) is 4. The van der Waals surface area contributed by atoms with Crippen LogP contribution in [0.5, 0.6) is 0 Å². The molecule has 0 aliphatic heterocycles. The molecule has 0 aromatic rings. The molecule has 0 heterocycles. The van der Waals surface area contributed by atoms with E-state index in [1.165, 1.54) is 0 Å². The van der Waals surface area contributed by atoms with Crippen LogP contribution in [0.3, 0.4) is 0 Å². The van der Waals surface area contributed by atoms with Crippen molar-refractivity contribution in [3.05, 3.63) is 0 Å². The Kier molecular flexibility index (Phi) is 11.1. The summed E-state index contributed by atoms with van der Waals surface area (Å²) in [4.78, 5) is 0. The average molecular weight is 236 g/mol. The van der Waals surface area contributed by atoms with Gasteiger partial charge >= 0.3 is 0 Å². The van der Waals surface area contributed by atoms with Crippen molar-refractivity contribution >= 4 is 0 Å². The molecule has 2 atom stereocenters. The lowest BCUT2D eigenvalue weighted by Crippen LogP contribution is -2.20. The highest BCUT2D eigenvalue weighted by atomic mass is 16.5. The van der Waals surface area contributed by atoms with E-state index in [1.807, 2.05) is 0 Å². The van der Waals surface area contributed by atoms with Gasteiger partial charge in [0.25, 0.3) is 0 Å². The van der Waals surface area contributed by atoms with Gasteiger partial charge in [-0.2, -0.15) is 0 Å². The number of aliphatic hydroxyl groups excluding tert-OH is 2. The molecule has 0 spiro atoms. The standard InChI is InChI=1S/C10H20O6/c11-5-9(13)7-15-3-1-2-4-16-8-10(14)6-12/h9-10,13-14H,1-8H2. The Balaban J connectivity index is 3.04. The molecule has 0 saturated heterocycles. The van der Waals surface area contributed by atoms with Crippen LogP contribution in [0, 0.1) is 0 Å². The highest BCUT2D eigenvalue weighted by molar-refractivity contribution is 4.50. The zero-order valence-electron chi connectivity index (χ0n) is 9.34. The van der Waals surface area contributed by atoms with Crippen molar-refractivity contribution in [3.63, 3.8) is 0 Å². The molecule has 6 nitrogen and oxygen atoms in total. The first-order valence-corrected chi connectivity index (χ1v) is 5.38. The molecule has 2 radical (unpaired) electrons. The molecule has 0 bridgehead atoms. The first-order chi connectivity index (χ1) is 7.70. The summed E-state index contributed by atoms with van der Waals surface area (Å²) >= 11 is 0. The minimum atomic E-state index is -0.927. The fourth-order valence-electron chi connectivity index (χ4n) is 0.943. The fraction of sp³-hybridized carbons (Fsp3) is 1.00. The van der Waals surface area contributed by atoms with Gasteiger partial charge in [0.1, 0.15) is 25.4 Å². The molecule has 2 unspecified atom stereocenters. The van der Waals surface area contributed by atoms with Crippen LogP contribution in [0.15, 0.2) is 0 Å². The monoisotopic (exact) mass is 236 g/mol. The van der Waals surface area contributed by atoms with Gasteiger partial charge in [-0.3, -0.25) is 0 Å². The van der Waals surface area contributed by atoms with Gasteiger partial charge in [-0.15, -0.1) is 0 Å². The number of rotatable bonds is 11. The first kappa shape index (κ1) is 15.8. The predicted octanol–water partition coefficient (Wildman–Crippen LogP) is -0.617. The highest BCUT2D eigenvalue weighted by Crippen LogP contribution is 1.94. The van der Waals surface area contributed by atoms with E-state index in [4.69, 9.17) is 19.7 Å². The number of unbranched alkanes of at least 4 members (excludes halogenated alkanes) is 1. The fourth-order valence-corrected chi connectivity index (χ4v) is 0.943. The molecule has 0 aliphatic carbocycles. The first-order valence-electron chi connectivity index (χ1n) is 5.38. The molecular formula is C10H20O6. The van der Waals surface area contributed by atoms with Gasteiger partial charge in [0.05, 0.1) is 13.2 Å². The normalized spacial score (nSPS) is 15.0. The summed E-state index contributed by atoms with van der Waals surface area (Å²) in [5, 5.41) is 38.0. The molecule has 96 valence electrons. The van der Waals surface area contributed by atoms with Gasteiger partial charge in [-0.1, -0.05) is 0 Å². The zero-order chi connectivity index (χ0) is 12.2. The maximum Gasteiger partial charge on any atom is 0.110 e. The third-order valence-corrected chi connectivity index (χ3v) is 1.83. The van der Waals surface area contributed by atoms with Crippen LogP contribution in [-0.2, 0) is 19.7 Å². The van der Waals surface area contributed by atoms with E-state index in [0.29, 0.717) is 13.2 Å². The highest BCUT2D eigenvalue weighted by Gasteiger charge is 2.03. The Morgan fingerprint density at radius 2 is 1.19 bits per heavy atom. The van der Waals surface area contributed by atoms with E-state index in [0.717, 1.165) is 12.8 Å². The second-order valence-electron chi connectivity index (χ2n) is 3.50. The van der Waals surface area contributed by atoms with Gasteiger partial charge in [-0.25, -0.2) is 10.2 Å².